The van der Waals surface area contributed by atoms with Gasteiger partial charge in [-0.25, -0.2) is 0 Å². The summed E-state index contributed by atoms with van der Waals surface area (Å²) in [6.45, 7) is 0. The van der Waals surface area contributed by atoms with Crippen LogP contribution in [0.5, 0.6) is 0 Å². The molecule has 0 saturated heterocycles. The maximum atomic E-state index is 12.9. The van der Waals surface area contributed by atoms with Crippen molar-refractivity contribution >= 4 is 58.8 Å². The van der Waals surface area contributed by atoms with Crippen LogP contribution in [-0.4, -0.2) is 10.3 Å². The fraction of sp³-hybridized carbons (Fsp3) is 0.125. The van der Waals surface area contributed by atoms with E-state index < -0.39 is 3.92 Å². The molecular formula is C8H5Cl3F2NOS-. The lowest BCUT2D eigenvalue weighted by atomic mass is 10.3. The lowest BCUT2D eigenvalue weighted by Crippen LogP contribution is -3.00. The number of rotatable bonds is 4. The smallest absolute Gasteiger partial charge is 0.324 e. The normalized spacial score (nSPS) is 10.5. The van der Waals surface area contributed by atoms with E-state index >= 15 is 0 Å². The molecule has 1 amide bonds. The van der Waals surface area contributed by atoms with Crippen LogP contribution in [0.15, 0.2) is 24.3 Å². The second-order valence-electron chi connectivity index (χ2n) is 2.44. The van der Waals surface area contributed by atoms with Gasteiger partial charge in [0, 0.05) is 17.0 Å². The number of nitrogens with zero attached hydrogens (tertiary/aromatic N) is 1. The summed E-state index contributed by atoms with van der Waals surface area (Å²) in [5, 5.41) is 0.512. The Bertz CT molecular complexity index is 344. The van der Waals surface area contributed by atoms with Gasteiger partial charge in [-0.05, 0) is 24.3 Å². The largest absolute Gasteiger partial charge is 1.00 e. The maximum absolute atomic E-state index is 12.9. The quantitative estimate of drug-likeness (QED) is 0.470. The van der Waals surface area contributed by atoms with E-state index in [2.05, 4.69) is 0 Å². The molecule has 1 aromatic carbocycles. The summed E-state index contributed by atoms with van der Waals surface area (Å²) in [6.07, 6.45) is 0.410. The standard InChI is InChI=1S/C8H5Cl3FNOS.FH/c9-6-1-3-7(4-2-6)13(5-14)15-8(10,11)12;/h1-5H;1H/p-1. The van der Waals surface area contributed by atoms with Crippen LogP contribution < -0.4 is 9.01 Å². The first-order chi connectivity index (χ1) is 6.92. The summed E-state index contributed by atoms with van der Waals surface area (Å²) in [7, 11) is 0. The fourth-order valence-corrected chi connectivity index (χ4v) is 1.90. The van der Waals surface area contributed by atoms with Gasteiger partial charge in [-0.1, -0.05) is 34.8 Å². The first kappa shape index (κ1) is 15.8. The van der Waals surface area contributed by atoms with E-state index in [4.69, 9.17) is 34.8 Å². The van der Waals surface area contributed by atoms with Gasteiger partial charge in [-0.3, -0.25) is 9.10 Å². The van der Waals surface area contributed by atoms with Crippen molar-refractivity contribution in [3.63, 3.8) is 0 Å². The molecule has 0 aliphatic rings. The first-order valence-electron chi connectivity index (χ1n) is 3.68. The molecule has 8 heteroatoms. The minimum atomic E-state index is -2.56. The van der Waals surface area contributed by atoms with Crippen LogP contribution in [0.25, 0.3) is 0 Å². The van der Waals surface area contributed by atoms with Gasteiger partial charge in [0.15, 0.2) is 0 Å². The molecular weight excluding hydrogens is 303 g/mol. The molecule has 0 spiro atoms. The number of amides is 1. The second kappa shape index (κ2) is 6.49. The molecule has 0 heterocycles. The van der Waals surface area contributed by atoms with Gasteiger partial charge < -0.3 is 4.70 Å². The number of halogens is 5. The molecule has 1 aromatic rings. The maximum Gasteiger partial charge on any atom is 0.324 e. The predicted molar refractivity (Wildman–Crippen MR) is 63.1 cm³/mol. The minimum absolute atomic E-state index is 0. The Morgan fingerprint density at radius 2 is 1.81 bits per heavy atom. The van der Waals surface area contributed by atoms with E-state index in [-0.39, 0.29) is 4.70 Å². The highest BCUT2D eigenvalue weighted by Gasteiger charge is 2.27. The van der Waals surface area contributed by atoms with Crippen LogP contribution in [0.1, 0.15) is 0 Å². The van der Waals surface area contributed by atoms with E-state index in [0.717, 1.165) is 4.31 Å². The van der Waals surface area contributed by atoms with Crippen LogP contribution >= 0.6 is 46.8 Å². The van der Waals surface area contributed by atoms with Gasteiger partial charge in [0.25, 0.3) is 0 Å². The summed E-state index contributed by atoms with van der Waals surface area (Å²) in [6, 6.07) is 6.22. The Morgan fingerprint density at radius 1 is 1.31 bits per heavy atom. The Labute approximate surface area is 110 Å². The van der Waals surface area contributed by atoms with E-state index in [1.165, 1.54) is 0 Å². The number of alkyl halides is 3. The van der Waals surface area contributed by atoms with Crippen molar-refractivity contribution in [2.75, 3.05) is 4.31 Å². The Kier molecular flexibility index (Phi) is 6.40. The fourth-order valence-electron chi connectivity index (χ4n) is 0.835. The summed E-state index contributed by atoms with van der Waals surface area (Å²) in [4.78, 5) is 10.7. The van der Waals surface area contributed by atoms with Gasteiger partial charge in [-0.2, -0.15) is 4.39 Å². The molecule has 0 atom stereocenters. The van der Waals surface area contributed by atoms with Gasteiger partial charge in [-0.15, -0.1) is 0 Å². The number of anilines is 1. The van der Waals surface area contributed by atoms with Crippen LogP contribution in [0.3, 0.4) is 0 Å². The predicted octanol–water partition coefficient (Wildman–Crippen LogP) is 1.01. The molecule has 0 radical (unpaired) electrons. The topological polar surface area (TPSA) is 20.3 Å². The molecule has 0 bridgehead atoms. The van der Waals surface area contributed by atoms with Crippen molar-refractivity contribution in [3.05, 3.63) is 29.3 Å². The van der Waals surface area contributed by atoms with E-state index in [1.54, 1.807) is 24.3 Å². The molecule has 0 aliphatic carbocycles. The summed E-state index contributed by atoms with van der Waals surface area (Å²) in [5.41, 5.74) is 0.433. The molecule has 16 heavy (non-hydrogen) atoms. The van der Waals surface area contributed by atoms with Crippen LogP contribution in [0.2, 0.25) is 5.02 Å². The lowest BCUT2D eigenvalue weighted by Gasteiger charge is -2.19. The zero-order chi connectivity index (χ0) is 11.5. The highest BCUT2D eigenvalue weighted by molar-refractivity contribution is 8.04. The highest BCUT2D eigenvalue weighted by atomic mass is 35.5. The van der Waals surface area contributed by atoms with Gasteiger partial charge in [0.1, 0.15) is 0 Å². The van der Waals surface area contributed by atoms with Crippen molar-refractivity contribution in [2.24, 2.45) is 0 Å². The van der Waals surface area contributed by atoms with E-state index in [1.807, 2.05) is 0 Å². The molecule has 0 fully saturated rings. The van der Waals surface area contributed by atoms with Gasteiger partial charge in [0.2, 0.25) is 6.41 Å². The number of carbonyl (C=O) groups excluding carboxylic acids is 1. The number of carbonyl (C=O) groups is 1. The Morgan fingerprint density at radius 3 is 2.19 bits per heavy atom. The van der Waals surface area contributed by atoms with Crippen LogP contribution in [-0.2, 0) is 4.79 Å². The summed E-state index contributed by atoms with van der Waals surface area (Å²) >= 11 is 16.2. The van der Waals surface area contributed by atoms with Crippen LogP contribution in [0.4, 0.5) is 10.1 Å². The SMILES string of the molecule is O=CN(SC(F)(Cl)Cl)c1ccc(Cl)cc1.[F-]. The third kappa shape index (κ3) is 5.21. The molecule has 0 N–H and O–H groups in total. The van der Waals surface area contributed by atoms with Crippen LogP contribution in [0, 0.1) is 0 Å². The van der Waals surface area contributed by atoms with Crippen molar-refractivity contribution in [1.29, 1.82) is 0 Å². The Hall–Kier alpha value is -0.230. The third-order valence-corrected chi connectivity index (χ3v) is 2.75. The van der Waals surface area contributed by atoms with Crippen molar-refractivity contribution in [3.8, 4) is 0 Å². The molecule has 1 rings (SSSR count). The van der Waals surface area contributed by atoms with E-state index in [9.17, 15) is 9.18 Å². The highest BCUT2D eigenvalue weighted by Crippen LogP contribution is 2.39. The summed E-state index contributed by atoms with van der Waals surface area (Å²) < 4.78 is 11.3. The molecule has 0 saturated carbocycles. The molecule has 0 aromatic heterocycles. The average Bonchev–Trinajstić information content (AvgIpc) is 2.14. The molecule has 0 aliphatic heterocycles. The molecule has 2 nitrogen and oxygen atoms in total. The lowest BCUT2D eigenvalue weighted by molar-refractivity contribution is -0.106. The first-order valence-corrected chi connectivity index (χ1v) is 5.59. The summed E-state index contributed by atoms with van der Waals surface area (Å²) in [5.74, 6) is 0. The monoisotopic (exact) mass is 306 g/mol. The zero-order valence-corrected chi connectivity index (χ0v) is 10.6. The molecule has 0 unspecified atom stereocenters. The number of hydrogen-bond acceptors (Lipinski definition) is 2. The molecule has 90 valence electrons. The number of benzene rings is 1. The average molecular weight is 308 g/mol. The van der Waals surface area contributed by atoms with E-state index in [0.29, 0.717) is 29.1 Å². The van der Waals surface area contributed by atoms with Crippen molar-refractivity contribution in [2.45, 2.75) is 3.92 Å². The Balaban J connectivity index is 0.00000225. The van der Waals surface area contributed by atoms with Gasteiger partial charge >= 0.3 is 3.92 Å². The van der Waals surface area contributed by atoms with Gasteiger partial charge in [0.05, 0.1) is 5.69 Å². The zero-order valence-electron chi connectivity index (χ0n) is 7.54. The number of hydrogen-bond donors (Lipinski definition) is 0. The van der Waals surface area contributed by atoms with Crippen molar-refractivity contribution < 1.29 is 13.9 Å². The minimum Gasteiger partial charge on any atom is -1.00 e. The van der Waals surface area contributed by atoms with Crippen molar-refractivity contribution in [1.82, 2.24) is 0 Å². The second-order valence-corrected chi connectivity index (χ2v) is 5.70. The third-order valence-electron chi connectivity index (χ3n) is 1.38.